The Labute approximate surface area is 97.0 Å². The molecule has 1 heterocycles. The molecule has 1 aromatic rings. The molecule has 1 saturated heterocycles. The average molecular weight is 239 g/mol. The minimum atomic E-state index is -3.14. The lowest BCUT2D eigenvalue weighted by atomic mass is 10.1. The maximum Gasteiger partial charge on any atom is 0.182 e. The zero-order valence-electron chi connectivity index (χ0n) is 9.46. The lowest BCUT2D eigenvalue weighted by Gasteiger charge is -2.29. The van der Waals surface area contributed by atoms with Gasteiger partial charge in [0, 0.05) is 6.54 Å². The summed E-state index contributed by atoms with van der Waals surface area (Å²) in [6.45, 7) is 1.65. The van der Waals surface area contributed by atoms with Crippen LogP contribution >= 0.6 is 0 Å². The predicted octanol–water partition coefficient (Wildman–Crippen LogP) is 1.55. The van der Waals surface area contributed by atoms with E-state index in [0.717, 1.165) is 19.4 Å². The molecule has 3 nitrogen and oxygen atoms in total. The van der Waals surface area contributed by atoms with Gasteiger partial charge >= 0.3 is 0 Å². The van der Waals surface area contributed by atoms with E-state index in [1.165, 1.54) is 0 Å². The summed E-state index contributed by atoms with van der Waals surface area (Å²) in [4.78, 5) is 2.55. The van der Waals surface area contributed by atoms with Gasteiger partial charge in [0.15, 0.2) is 9.84 Å². The Kier molecular flexibility index (Phi) is 3.30. The molecule has 1 aliphatic rings. The molecular weight excluding hydrogens is 222 g/mol. The number of hydrogen-bond acceptors (Lipinski definition) is 3. The molecule has 0 aromatic heterocycles. The summed E-state index contributed by atoms with van der Waals surface area (Å²) in [7, 11) is -1.16. The summed E-state index contributed by atoms with van der Waals surface area (Å²) in [5.74, 6) is 0. The Balaban J connectivity index is 2.26. The highest BCUT2D eigenvalue weighted by atomic mass is 32.2. The van der Waals surface area contributed by atoms with Gasteiger partial charge < -0.3 is 4.90 Å². The summed E-state index contributed by atoms with van der Waals surface area (Å²) in [6.07, 6.45) is 1.74. The van der Waals surface area contributed by atoms with Gasteiger partial charge in [0.25, 0.3) is 0 Å². The van der Waals surface area contributed by atoms with Gasteiger partial charge in [0.05, 0.1) is 10.1 Å². The summed E-state index contributed by atoms with van der Waals surface area (Å²) in [5, 5.41) is -0.242. The molecule has 2 rings (SSSR count). The van der Waals surface area contributed by atoms with Gasteiger partial charge in [-0.05, 0) is 38.6 Å². The smallest absolute Gasteiger partial charge is 0.182 e. The van der Waals surface area contributed by atoms with Crippen LogP contribution in [0, 0.1) is 0 Å². The molecule has 0 saturated carbocycles. The maximum atomic E-state index is 12.3. The van der Waals surface area contributed by atoms with E-state index < -0.39 is 9.84 Å². The monoisotopic (exact) mass is 239 g/mol. The molecule has 1 fully saturated rings. The van der Waals surface area contributed by atoms with Crippen molar-refractivity contribution in [2.45, 2.75) is 23.0 Å². The number of benzene rings is 1. The second-order valence-corrected chi connectivity index (χ2v) is 6.61. The van der Waals surface area contributed by atoms with E-state index in [9.17, 15) is 8.42 Å². The third-order valence-electron chi connectivity index (χ3n) is 3.09. The number of likely N-dealkylation sites (tertiary alicyclic amines) is 1. The highest BCUT2D eigenvalue weighted by molar-refractivity contribution is 7.92. The highest BCUT2D eigenvalue weighted by Crippen LogP contribution is 2.22. The van der Waals surface area contributed by atoms with E-state index in [0.29, 0.717) is 11.4 Å². The SMILES string of the molecule is CN1CCCC(S(=O)(=O)c2ccccc2)C1. The minimum Gasteiger partial charge on any atom is -0.305 e. The van der Waals surface area contributed by atoms with E-state index in [4.69, 9.17) is 0 Å². The molecule has 4 heteroatoms. The van der Waals surface area contributed by atoms with Crippen molar-refractivity contribution >= 4 is 9.84 Å². The van der Waals surface area contributed by atoms with E-state index in [1.54, 1.807) is 24.3 Å². The molecule has 0 spiro atoms. The van der Waals surface area contributed by atoms with Crippen LogP contribution in [0.5, 0.6) is 0 Å². The lowest BCUT2D eigenvalue weighted by Crippen LogP contribution is -2.40. The van der Waals surface area contributed by atoms with Crippen LogP contribution in [0.3, 0.4) is 0 Å². The zero-order chi connectivity index (χ0) is 11.6. The largest absolute Gasteiger partial charge is 0.305 e. The molecule has 88 valence electrons. The Morgan fingerprint density at radius 3 is 2.56 bits per heavy atom. The van der Waals surface area contributed by atoms with Gasteiger partial charge in [-0.15, -0.1) is 0 Å². The first-order valence-corrected chi connectivity index (χ1v) is 7.13. The molecule has 0 amide bonds. The van der Waals surface area contributed by atoms with Crippen LogP contribution in [0.15, 0.2) is 35.2 Å². The minimum absolute atomic E-state index is 0.242. The third kappa shape index (κ3) is 2.28. The average Bonchev–Trinajstić information content (AvgIpc) is 2.30. The van der Waals surface area contributed by atoms with Crippen molar-refractivity contribution in [2.24, 2.45) is 0 Å². The van der Waals surface area contributed by atoms with Crippen molar-refractivity contribution in [3.63, 3.8) is 0 Å². The first-order chi connectivity index (χ1) is 7.60. The molecule has 1 aliphatic heterocycles. The fourth-order valence-electron chi connectivity index (χ4n) is 2.17. The van der Waals surface area contributed by atoms with Gasteiger partial charge in [0.1, 0.15) is 0 Å². The van der Waals surface area contributed by atoms with Crippen molar-refractivity contribution in [2.75, 3.05) is 20.1 Å². The van der Waals surface area contributed by atoms with Crippen molar-refractivity contribution in [1.29, 1.82) is 0 Å². The fourth-order valence-corrected chi connectivity index (χ4v) is 4.02. The lowest BCUT2D eigenvalue weighted by molar-refractivity contribution is 0.278. The third-order valence-corrected chi connectivity index (χ3v) is 5.28. The standard InChI is InChI=1S/C12H17NO2S/c1-13-9-5-8-12(10-13)16(14,15)11-6-3-2-4-7-11/h2-4,6-7,12H,5,8-10H2,1H3. The Hall–Kier alpha value is -0.870. The molecule has 0 bridgehead atoms. The van der Waals surface area contributed by atoms with E-state index in [2.05, 4.69) is 4.90 Å². The maximum absolute atomic E-state index is 12.3. The zero-order valence-corrected chi connectivity index (χ0v) is 10.3. The van der Waals surface area contributed by atoms with Crippen molar-refractivity contribution in [1.82, 2.24) is 4.90 Å². The molecule has 1 unspecified atom stereocenters. The second-order valence-electron chi connectivity index (χ2n) is 4.38. The van der Waals surface area contributed by atoms with Crippen molar-refractivity contribution in [3.8, 4) is 0 Å². The van der Waals surface area contributed by atoms with Gasteiger partial charge in [-0.3, -0.25) is 0 Å². The topological polar surface area (TPSA) is 37.4 Å². The molecule has 1 atom stereocenters. The van der Waals surface area contributed by atoms with Crippen LogP contribution in [0.2, 0.25) is 0 Å². The normalized spacial score (nSPS) is 23.2. The highest BCUT2D eigenvalue weighted by Gasteiger charge is 2.30. The van der Waals surface area contributed by atoms with E-state index >= 15 is 0 Å². The quantitative estimate of drug-likeness (QED) is 0.786. The van der Waals surface area contributed by atoms with E-state index in [-0.39, 0.29) is 5.25 Å². The van der Waals surface area contributed by atoms with Crippen LogP contribution in [-0.2, 0) is 9.84 Å². The Morgan fingerprint density at radius 2 is 1.94 bits per heavy atom. The number of hydrogen-bond donors (Lipinski definition) is 0. The van der Waals surface area contributed by atoms with Crippen LogP contribution in [-0.4, -0.2) is 38.7 Å². The summed E-state index contributed by atoms with van der Waals surface area (Å²) >= 11 is 0. The Morgan fingerprint density at radius 1 is 1.25 bits per heavy atom. The number of piperidine rings is 1. The molecule has 16 heavy (non-hydrogen) atoms. The van der Waals surface area contributed by atoms with Crippen LogP contribution in [0.4, 0.5) is 0 Å². The van der Waals surface area contributed by atoms with Crippen molar-refractivity contribution in [3.05, 3.63) is 30.3 Å². The van der Waals surface area contributed by atoms with Crippen LogP contribution in [0.25, 0.3) is 0 Å². The number of rotatable bonds is 2. The molecular formula is C12H17NO2S. The van der Waals surface area contributed by atoms with Gasteiger partial charge in [-0.25, -0.2) is 8.42 Å². The second kappa shape index (κ2) is 4.55. The molecule has 1 aromatic carbocycles. The van der Waals surface area contributed by atoms with Gasteiger partial charge in [-0.2, -0.15) is 0 Å². The summed E-state index contributed by atoms with van der Waals surface area (Å²) < 4.78 is 24.6. The number of sulfone groups is 1. The summed E-state index contributed by atoms with van der Waals surface area (Å²) in [6, 6.07) is 8.76. The Bertz CT molecular complexity index is 441. The number of nitrogens with zero attached hydrogens (tertiary/aromatic N) is 1. The van der Waals surface area contributed by atoms with E-state index in [1.807, 2.05) is 13.1 Å². The van der Waals surface area contributed by atoms with Gasteiger partial charge in [0.2, 0.25) is 0 Å². The molecule has 0 radical (unpaired) electrons. The molecule has 0 aliphatic carbocycles. The summed E-state index contributed by atoms with van der Waals surface area (Å²) in [5.41, 5.74) is 0. The van der Waals surface area contributed by atoms with Crippen molar-refractivity contribution < 1.29 is 8.42 Å². The van der Waals surface area contributed by atoms with Gasteiger partial charge in [-0.1, -0.05) is 18.2 Å². The predicted molar refractivity (Wildman–Crippen MR) is 64.1 cm³/mol. The first-order valence-electron chi connectivity index (χ1n) is 5.58. The fraction of sp³-hybridized carbons (Fsp3) is 0.500. The molecule has 0 N–H and O–H groups in total. The van der Waals surface area contributed by atoms with Crippen LogP contribution < -0.4 is 0 Å². The first kappa shape index (κ1) is 11.6. The van der Waals surface area contributed by atoms with Crippen LogP contribution in [0.1, 0.15) is 12.8 Å².